The lowest BCUT2D eigenvalue weighted by molar-refractivity contribution is 0.0661. The van der Waals surface area contributed by atoms with Gasteiger partial charge in [0.1, 0.15) is 0 Å². The number of ether oxygens (including phenoxy) is 1. The molecule has 0 amide bonds. The van der Waals surface area contributed by atoms with Crippen molar-refractivity contribution < 1.29 is 4.74 Å². The summed E-state index contributed by atoms with van der Waals surface area (Å²) in [6.45, 7) is 7.21. The van der Waals surface area contributed by atoms with Crippen molar-refractivity contribution in [1.29, 1.82) is 0 Å². The second kappa shape index (κ2) is 7.21. The van der Waals surface area contributed by atoms with Crippen LogP contribution in [0.4, 0.5) is 0 Å². The molecule has 0 aromatic heterocycles. The lowest BCUT2D eigenvalue weighted by atomic mass is 10.00. The molecule has 0 aliphatic carbocycles. The molecular formula is C11H24N2O. The zero-order valence-electron chi connectivity index (χ0n) is 9.30. The molecule has 1 unspecified atom stereocenters. The summed E-state index contributed by atoms with van der Waals surface area (Å²) in [5.74, 6) is 1.54. The van der Waals surface area contributed by atoms with Crippen LogP contribution >= 0.6 is 0 Å². The van der Waals surface area contributed by atoms with Crippen LogP contribution < -0.4 is 11.1 Å². The predicted molar refractivity (Wildman–Crippen MR) is 59.2 cm³/mol. The van der Waals surface area contributed by atoms with Gasteiger partial charge in [-0.2, -0.15) is 0 Å². The first-order valence-corrected chi connectivity index (χ1v) is 5.81. The van der Waals surface area contributed by atoms with E-state index >= 15 is 0 Å². The molecule has 1 aliphatic rings. The number of nitrogens with one attached hydrogen (secondary N) is 1. The Labute approximate surface area is 87.4 Å². The van der Waals surface area contributed by atoms with Gasteiger partial charge in [0.05, 0.1) is 0 Å². The quantitative estimate of drug-likeness (QED) is 0.672. The molecule has 0 aromatic carbocycles. The zero-order valence-corrected chi connectivity index (χ0v) is 9.30. The summed E-state index contributed by atoms with van der Waals surface area (Å²) in [6.07, 6.45) is 3.57. The van der Waals surface area contributed by atoms with Gasteiger partial charge in [-0.1, -0.05) is 6.92 Å². The molecule has 0 saturated carbocycles. The second-order valence-corrected chi connectivity index (χ2v) is 4.40. The maximum absolute atomic E-state index is 5.50. The van der Waals surface area contributed by atoms with Gasteiger partial charge in [0, 0.05) is 13.2 Å². The van der Waals surface area contributed by atoms with E-state index in [2.05, 4.69) is 12.2 Å². The van der Waals surface area contributed by atoms with E-state index in [0.29, 0.717) is 5.92 Å². The van der Waals surface area contributed by atoms with Gasteiger partial charge >= 0.3 is 0 Å². The number of hydrogen-bond acceptors (Lipinski definition) is 3. The maximum Gasteiger partial charge on any atom is 0.0469 e. The summed E-state index contributed by atoms with van der Waals surface area (Å²) in [6, 6.07) is 0. The van der Waals surface area contributed by atoms with Crippen LogP contribution in [0.3, 0.4) is 0 Å². The Balaban J connectivity index is 1.96. The lowest BCUT2D eigenvalue weighted by Gasteiger charge is -2.23. The fourth-order valence-electron chi connectivity index (χ4n) is 1.87. The summed E-state index contributed by atoms with van der Waals surface area (Å²) in [4.78, 5) is 0. The Morgan fingerprint density at radius 2 is 2.14 bits per heavy atom. The lowest BCUT2D eigenvalue weighted by Crippen LogP contribution is -2.31. The summed E-state index contributed by atoms with van der Waals surface area (Å²) in [5, 5.41) is 3.53. The van der Waals surface area contributed by atoms with E-state index in [1.807, 2.05) is 0 Å². The summed E-state index contributed by atoms with van der Waals surface area (Å²) in [5.41, 5.74) is 5.50. The Morgan fingerprint density at radius 3 is 2.79 bits per heavy atom. The minimum absolute atomic E-state index is 0.708. The number of nitrogens with two attached hydrogens (primary N) is 1. The minimum atomic E-state index is 0.708. The van der Waals surface area contributed by atoms with Gasteiger partial charge in [-0.15, -0.1) is 0 Å². The molecule has 1 aliphatic heterocycles. The molecule has 0 radical (unpaired) electrons. The predicted octanol–water partition coefficient (Wildman–Crippen LogP) is 0.987. The average Bonchev–Trinajstić information content (AvgIpc) is 2.20. The highest BCUT2D eigenvalue weighted by Crippen LogP contribution is 2.13. The molecule has 84 valence electrons. The smallest absolute Gasteiger partial charge is 0.0469 e. The van der Waals surface area contributed by atoms with Crippen molar-refractivity contribution in [2.75, 3.05) is 32.8 Å². The Kier molecular flexibility index (Phi) is 6.15. The summed E-state index contributed by atoms with van der Waals surface area (Å²) >= 11 is 0. The van der Waals surface area contributed by atoms with Crippen LogP contribution in [0.15, 0.2) is 0 Å². The van der Waals surface area contributed by atoms with Crippen molar-refractivity contribution in [3.63, 3.8) is 0 Å². The third-order valence-electron chi connectivity index (χ3n) is 2.93. The molecule has 14 heavy (non-hydrogen) atoms. The largest absolute Gasteiger partial charge is 0.381 e. The molecule has 0 spiro atoms. The Hall–Kier alpha value is -0.120. The Morgan fingerprint density at radius 1 is 1.43 bits per heavy atom. The molecule has 0 aromatic rings. The van der Waals surface area contributed by atoms with Crippen LogP contribution in [0.25, 0.3) is 0 Å². The van der Waals surface area contributed by atoms with Gasteiger partial charge in [0.25, 0.3) is 0 Å². The molecule has 1 fully saturated rings. The van der Waals surface area contributed by atoms with Crippen molar-refractivity contribution in [2.45, 2.75) is 26.2 Å². The highest BCUT2D eigenvalue weighted by molar-refractivity contribution is 4.67. The highest BCUT2D eigenvalue weighted by Gasteiger charge is 2.13. The fourth-order valence-corrected chi connectivity index (χ4v) is 1.87. The molecular weight excluding hydrogens is 176 g/mol. The van der Waals surface area contributed by atoms with Crippen molar-refractivity contribution in [3.05, 3.63) is 0 Å². The molecule has 0 bridgehead atoms. The van der Waals surface area contributed by atoms with Crippen molar-refractivity contribution in [2.24, 2.45) is 17.6 Å². The van der Waals surface area contributed by atoms with Crippen molar-refractivity contribution >= 4 is 0 Å². The molecule has 1 saturated heterocycles. The van der Waals surface area contributed by atoms with Gasteiger partial charge in [-0.3, -0.25) is 0 Å². The van der Waals surface area contributed by atoms with Crippen molar-refractivity contribution in [3.8, 4) is 0 Å². The van der Waals surface area contributed by atoms with Gasteiger partial charge in [-0.05, 0) is 50.7 Å². The second-order valence-electron chi connectivity index (χ2n) is 4.40. The van der Waals surface area contributed by atoms with E-state index in [1.165, 1.54) is 12.8 Å². The first-order valence-electron chi connectivity index (χ1n) is 5.81. The maximum atomic E-state index is 5.50. The minimum Gasteiger partial charge on any atom is -0.381 e. The van der Waals surface area contributed by atoms with Crippen molar-refractivity contribution in [1.82, 2.24) is 5.32 Å². The summed E-state index contributed by atoms with van der Waals surface area (Å²) in [7, 11) is 0. The first kappa shape index (κ1) is 12.0. The topological polar surface area (TPSA) is 47.3 Å². The number of hydrogen-bond donors (Lipinski definition) is 2. The zero-order chi connectivity index (χ0) is 10.2. The molecule has 3 nitrogen and oxygen atoms in total. The van der Waals surface area contributed by atoms with E-state index in [9.17, 15) is 0 Å². The van der Waals surface area contributed by atoms with Gasteiger partial charge < -0.3 is 15.8 Å². The average molecular weight is 200 g/mol. The van der Waals surface area contributed by atoms with Crippen LogP contribution in [-0.2, 0) is 4.74 Å². The summed E-state index contributed by atoms with van der Waals surface area (Å²) < 4.78 is 5.32. The van der Waals surface area contributed by atoms with E-state index in [-0.39, 0.29) is 0 Å². The van der Waals surface area contributed by atoms with Crippen LogP contribution in [0.5, 0.6) is 0 Å². The van der Waals surface area contributed by atoms with Crippen LogP contribution in [0, 0.1) is 11.8 Å². The third kappa shape index (κ3) is 4.94. The standard InChI is InChI=1S/C11H24N2O/c1-10(2-5-12)8-13-9-11-3-6-14-7-4-11/h10-11,13H,2-9,12H2,1H3. The highest BCUT2D eigenvalue weighted by atomic mass is 16.5. The van der Waals surface area contributed by atoms with E-state index in [1.54, 1.807) is 0 Å². The fraction of sp³-hybridized carbons (Fsp3) is 1.00. The Bertz CT molecular complexity index is 135. The first-order chi connectivity index (χ1) is 6.83. The molecule has 1 rings (SSSR count). The van der Waals surface area contributed by atoms with E-state index < -0.39 is 0 Å². The molecule has 1 atom stereocenters. The van der Waals surface area contributed by atoms with Crippen LogP contribution in [0.2, 0.25) is 0 Å². The monoisotopic (exact) mass is 200 g/mol. The van der Waals surface area contributed by atoms with E-state index in [0.717, 1.165) is 45.2 Å². The normalized spacial score (nSPS) is 21.0. The van der Waals surface area contributed by atoms with Gasteiger partial charge in [0.15, 0.2) is 0 Å². The molecule has 1 heterocycles. The molecule has 3 N–H and O–H groups in total. The van der Waals surface area contributed by atoms with Gasteiger partial charge in [0.2, 0.25) is 0 Å². The van der Waals surface area contributed by atoms with Crippen LogP contribution in [0.1, 0.15) is 26.2 Å². The van der Waals surface area contributed by atoms with Crippen LogP contribution in [-0.4, -0.2) is 32.8 Å². The van der Waals surface area contributed by atoms with Gasteiger partial charge in [-0.25, -0.2) is 0 Å². The number of rotatable bonds is 6. The third-order valence-corrected chi connectivity index (χ3v) is 2.93. The molecule has 3 heteroatoms. The SMILES string of the molecule is CC(CCN)CNCC1CCOCC1. The van der Waals surface area contributed by atoms with E-state index in [4.69, 9.17) is 10.5 Å².